The standard InChI is InChI=1S/C19H28N6O2.HI/c1-4-20-18(23-15-12-8-11-27-16(12)19(15,2)3)21-9-7-14-22-17(25-24-14)13-6-5-10-26-13;/h5-6,10,12,15-16H,4,7-9,11H2,1-3H3,(H2,20,21,23)(H,22,24,25);1H. The number of hydrogen-bond acceptors (Lipinski definition) is 5. The van der Waals surface area contributed by atoms with Crippen LogP contribution in [0.15, 0.2) is 27.8 Å². The Morgan fingerprint density at radius 2 is 2.29 bits per heavy atom. The van der Waals surface area contributed by atoms with Gasteiger partial charge in [-0.3, -0.25) is 10.1 Å². The smallest absolute Gasteiger partial charge is 0.216 e. The van der Waals surface area contributed by atoms with Gasteiger partial charge in [0.1, 0.15) is 5.82 Å². The molecule has 8 nitrogen and oxygen atoms in total. The van der Waals surface area contributed by atoms with E-state index in [-0.39, 0.29) is 29.4 Å². The molecule has 0 radical (unpaired) electrons. The summed E-state index contributed by atoms with van der Waals surface area (Å²) in [6.45, 7) is 8.94. The van der Waals surface area contributed by atoms with Crippen molar-refractivity contribution < 1.29 is 9.15 Å². The lowest BCUT2D eigenvalue weighted by Crippen LogP contribution is -2.68. The lowest BCUT2D eigenvalue weighted by atomic mass is 9.57. The van der Waals surface area contributed by atoms with E-state index in [2.05, 4.69) is 46.6 Å². The molecule has 3 atom stereocenters. The minimum atomic E-state index is 0. The zero-order chi connectivity index (χ0) is 18.9. The molecular formula is C19H29IN6O2. The van der Waals surface area contributed by atoms with Crippen molar-refractivity contribution in [2.75, 3.05) is 19.7 Å². The van der Waals surface area contributed by atoms with Crippen LogP contribution in [-0.2, 0) is 11.2 Å². The average Bonchev–Trinajstić information content (AvgIpc) is 3.39. The van der Waals surface area contributed by atoms with Crippen molar-refractivity contribution in [1.29, 1.82) is 0 Å². The Morgan fingerprint density at radius 3 is 3.04 bits per heavy atom. The number of H-pyrrole nitrogens is 1. The number of halogens is 1. The Labute approximate surface area is 182 Å². The highest BCUT2D eigenvalue weighted by Crippen LogP contribution is 2.52. The van der Waals surface area contributed by atoms with Crippen molar-refractivity contribution >= 4 is 29.9 Å². The summed E-state index contributed by atoms with van der Waals surface area (Å²) in [4.78, 5) is 9.19. The first-order valence-corrected chi connectivity index (χ1v) is 9.71. The number of ether oxygens (including phenoxy) is 1. The van der Waals surface area contributed by atoms with Crippen molar-refractivity contribution in [2.45, 2.75) is 45.8 Å². The van der Waals surface area contributed by atoms with E-state index in [0.29, 0.717) is 42.6 Å². The summed E-state index contributed by atoms with van der Waals surface area (Å²) in [6, 6.07) is 4.06. The van der Waals surface area contributed by atoms with Gasteiger partial charge in [-0.15, -0.1) is 24.0 Å². The molecular weight excluding hydrogens is 471 g/mol. The molecule has 2 aliphatic rings. The minimum absolute atomic E-state index is 0. The first kappa shape index (κ1) is 21.1. The zero-order valence-corrected chi connectivity index (χ0v) is 18.9. The Balaban J connectivity index is 0.00000225. The van der Waals surface area contributed by atoms with E-state index in [1.807, 2.05) is 12.1 Å². The lowest BCUT2D eigenvalue weighted by molar-refractivity contribution is -0.106. The number of aromatic amines is 1. The van der Waals surface area contributed by atoms with E-state index in [4.69, 9.17) is 14.1 Å². The van der Waals surface area contributed by atoms with Gasteiger partial charge in [0.15, 0.2) is 11.7 Å². The molecule has 0 spiro atoms. The maximum Gasteiger partial charge on any atom is 0.216 e. The number of nitrogens with one attached hydrogen (secondary N) is 3. The number of aliphatic imine (C=N–C) groups is 1. The largest absolute Gasteiger partial charge is 0.461 e. The fourth-order valence-corrected chi connectivity index (χ4v) is 4.28. The molecule has 0 bridgehead atoms. The van der Waals surface area contributed by atoms with E-state index >= 15 is 0 Å². The molecule has 1 saturated carbocycles. The third-order valence-electron chi connectivity index (χ3n) is 5.63. The van der Waals surface area contributed by atoms with Gasteiger partial charge in [0.2, 0.25) is 5.82 Å². The number of nitrogens with zero attached hydrogens (tertiary/aromatic N) is 3. The van der Waals surface area contributed by atoms with Crippen LogP contribution in [0.2, 0.25) is 0 Å². The van der Waals surface area contributed by atoms with E-state index < -0.39 is 0 Å². The van der Waals surface area contributed by atoms with Gasteiger partial charge in [-0.25, -0.2) is 4.98 Å². The molecule has 1 saturated heterocycles. The van der Waals surface area contributed by atoms with E-state index in [1.165, 1.54) is 0 Å². The molecule has 3 unspecified atom stereocenters. The molecule has 4 rings (SSSR count). The fourth-order valence-electron chi connectivity index (χ4n) is 4.28. The van der Waals surface area contributed by atoms with Crippen LogP contribution in [0.25, 0.3) is 11.6 Å². The molecule has 154 valence electrons. The second-order valence-corrected chi connectivity index (χ2v) is 7.78. The van der Waals surface area contributed by atoms with Crippen LogP contribution in [0.5, 0.6) is 0 Å². The molecule has 2 aromatic rings. The molecule has 0 aromatic carbocycles. The predicted molar refractivity (Wildman–Crippen MR) is 118 cm³/mol. The van der Waals surface area contributed by atoms with Gasteiger partial charge < -0.3 is 19.8 Å². The highest BCUT2D eigenvalue weighted by Gasteiger charge is 2.59. The maximum atomic E-state index is 5.88. The SMILES string of the molecule is CCNC(=NCCc1nc(-c2ccco2)n[nH]1)NC1C2CCOC2C1(C)C.I. The minimum Gasteiger partial charge on any atom is -0.461 e. The first-order valence-electron chi connectivity index (χ1n) is 9.71. The molecule has 2 aromatic heterocycles. The number of hydrogen-bond donors (Lipinski definition) is 3. The molecule has 1 aliphatic heterocycles. The van der Waals surface area contributed by atoms with E-state index in [0.717, 1.165) is 31.4 Å². The van der Waals surface area contributed by atoms with Crippen LogP contribution in [-0.4, -0.2) is 53.0 Å². The van der Waals surface area contributed by atoms with Crippen LogP contribution in [0.1, 0.15) is 33.0 Å². The van der Waals surface area contributed by atoms with Crippen molar-refractivity contribution in [3.05, 3.63) is 24.2 Å². The summed E-state index contributed by atoms with van der Waals surface area (Å²) in [6.07, 6.45) is 3.80. The van der Waals surface area contributed by atoms with Crippen molar-refractivity contribution in [2.24, 2.45) is 16.3 Å². The fraction of sp³-hybridized carbons (Fsp3) is 0.632. The van der Waals surface area contributed by atoms with Crippen molar-refractivity contribution in [1.82, 2.24) is 25.8 Å². The van der Waals surface area contributed by atoms with Gasteiger partial charge in [-0.1, -0.05) is 13.8 Å². The predicted octanol–water partition coefficient (Wildman–Crippen LogP) is 2.59. The summed E-state index contributed by atoms with van der Waals surface area (Å²) < 4.78 is 11.2. The quantitative estimate of drug-likeness (QED) is 0.321. The van der Waals surface area contributed by atoms with Crippen LogP contribution in [0.3, 0.4) is 0 Å². The van der Waals surface area contributed by atoms with Gasteiger partial charge in [0.25, 0.3) is 0 Å². The second-order valence-electron chi connectivity index (χ2n) is 7.78. The molecule has 0 amide bonds. The zero-order valence-electron chi connectivity index (χ0n) is 16.6. The number of guanidine groups is 1. The lowest BCUT2D eigenvalue weighted by Gasteiger charge is -2.54. The van der Waals surface area contributed by atoms with Gasteiger partial charge in [0, 0.05) is 43.5 Å². The normalized spacial score (nSPS) is 25.5. The topological polar surface area (TPSA) is 100 Å². The Kier molecular flexibility index (Phi) is 6.64. The number of furan rings is 1. The van der Waals surface area contributed by atoms with Gasteiger partial charge in [0.05, 0.1) is 12.4 Å². The Morgan fingerprint density at radius 1 is 1.43 bits per heavy atom. The summed E-state index contributed by atoms with van der Waals surface area (Å²) >= 11 is 0. The van der Waals surface area contributed by atoms with Gasteiger partial charge >= 0.3 is 0 Å². The molecule has 28 heavy (non-hydrogen) atoms. The summed E-state index contributed by atoms with van der Waals surface area (Å²) in [5.41, 5.74) is 0.125. The molecule has 9 heteroatoms. The number of rotatable bonds is 6. The summed E-state index contributed by atoms with van der Waals surface area (Å²) in [5, 5.41) is 14.1. The van der Waals surface area contributed by atoms with E-state index in [1.54, 1.807) is 6.26 Å². The van der Waals surface area contributed by atoms with Crippen molar-refractivity contribution in [3.63, 3.8) is 0 Å². The number of fused-ring (bicyclic) bond motifs is 1. The summed E-state index contributed by atoms with van der Waals surface area (Å²) in [5.74, 6) is 3.47. The van der Waals surface area contributed by atoms with Crippen LogP contribution in [0.4, 0.5) is 0 Å². The third-order valence-corrected chi connectivity index (χ3v) is 5.63. The highest BCUT2D eigenvalue weighted by atomic mass is 127. The maximum absolute atomic E-state index is 5.88. The van der Waals surface area contributed by atoms with Gasteiger partial charge in [-0.05, 0) is 25.5 Å². The molecule has 2 fully saturated rings. The van der Waals surface area contributed by atoms with Crippen LogP contribution in [0, 0.1) is 11.3 Å². The third kappa shape index (κ3) is 4.05. The Hall–Kier alpha value is -1.62. The highest BCUT2D eigenvalue weighted by molar-refractivity contribution is 14.0. The molecule has 3 N–H and O–H groups in total. The van der Waals surface area contributed by atoms with Gasteiger partial charge in [-0.2, -0.15) is 5.10 Å². The Bertz CT molecular complexity index is 788. The van der Waals surface area contributed by atoms with Crippen molar-refractivity contribution in [3.8, 4) is 11.6 Å². The summed E-state index contributed by atoms with van der Waals surface area (Å²) in [7, 11) is 0. The molecule has 1 aliphatic carbocycles. The number of aromatic nitrogens is 3. The monoisotopic (exact) mass is 500 g/mol. The van der Waals surface area contributed by atoms with Crippen LogP contribution < -0.4 is 10.6 Å². The average molecular weight is 500 g/mol. The van der Waals surface area contributed by atoms with Crippen LogP contribution >= 0.6 is 24.0 Å². The second kappa shape index (κ2) is 8.81. The van der Waals surface area contributed by atoms with E-state index in [9.17, 15) is 0 Å². The molecule has 3 heterocycles. The first-order chi connectivity index (χ1) is 13.1.